The van der Waals surface area contributed by atoms with E-state index in [1.165, 1.54) is 6.26 Å². The molecule has 0 saturated heterocycles. The first-order chi connectivity index (χ1) is 9.20. The molecule has 0 amide bonds. The molecule has 0 heterocycles. The molecule has 0 aliphatic rings. The zero-order chi connectivity index (χ0) is 15.3. The van der Waals surface area contributed by atoms with Crippen LogP contribution in [0.4, 0.5) is 0 Å². The zero-order valence-electron chi connectivity index (χ0n) is 11.9. The maximum atomic E-state index is 11.4. The van der Waals surface area contributed by atoms with Gasteiger partial charge in [-0.15, -0.1) is 0 Å². The van der Waals surface area contributed by atoms with Gasteiger partial charge >= 0.3 is 0 Å². The molecule has 1 atom stereocenters. The summed E-state index contributed by atoms with van der Waals surface area (Å²) in [5, 5.41) is 6.73. The van der Waals surface area contributed by atoms with Gasteiger partial charge in [0, 0.05) is 12.8 Å². The maximum Gasteiger partial charge on any atom is 0.175 e. The van der Waals surface area contributed by atoms with Gasteiger partial charge in [0.15, 0.2) is 14.9 Å². The molecule has 1 rings (SSSR count). The van der Waals surface area contributed by atoms with E-state index >= 15 is 0 Å². The number of nitrogens with one attached hydrogen (secondary N) is 2. The van der Waals surface area contributed by atoms with E-state index in [0.717, 1.165) is 11.1 Å². The van der Waals surface area contributed by atoms with Crippen LogP contribution in [-0.4, -0.2) is 26.3 Å². The number of sulfone groups is 1. The first-order valence-corrected chi connectivity index (χ1v) is 8.49. The van der Waals surface area contributed by atoms with Gasteiger partial charge in [-0.05, 0) is 43.8 Å². The Bertz CT molecular complexity index is 592. The molecule has 0 radical (unpaired) electrons. The van der Waals surface area contributed by atoms with Gasteiger partial charge in [0.05, 0.1) is 10.9 Å². The van der Waals surface area contributed by atoms with Crippen molar-refractivity contribution in [1.29, 1.82) is 0 Å². The topological polar surface area (TPSA) is 58.2 Å². The molecule has 0 unspecified atom stereocenters. The van der Waals surface area contributed by atoms with Crippen LogP contribution in [0.5, 0.6) is 0 Å². The van der Waals surface area contributed by atoms with E-state index in [2.05, 4.69) is 17.2 Å². The average molecular weight is 312 g/mol. The van der Waals surface area contributed by atoms with Gasteiger partial charge in [0.25, 0.3) is 0 Å². The highest BCUT2D eigenvalue weighted by Gasteiger charge is 2.10. The van der Waals surface area contributed by atoms with E-state index in [-0.39, 0.29) is 6.04 Å². The van der Waals surface area contributed by atoms with Crippen LogP contribution in [0.1, 0.15) is 25.5 Å². The summed E-state index contributed by atoms with van der Waals surface area (Å²) in [5.41, 5.74) is 1.97. The van der Waals surface area contributed by atoms with Crippen LogP contribution in [-0.2, 0) is 9.84 Å². The number of thiocarbonyl (C=S) groups is 1. The van der Waals surface area contributed by atoms with Crippen molar-refractivity contribution in [3.63, 3.8) is 0 Å². The lowest BCUT2D eigenvalue weighted by Gasteiger charge is -2.17. The first-order valence-electron chi connectivity index (χ1n) is 6.19. The molecular weight excluding hydrogens is 292 g/mol. The second-order valence-corrected chi connectivity index (χ2v) is 7.27. The molecule has 0 aliphatic heterocycles. The molecule has 0 fully saturated rings. The predicted molar refractivity (Wildman–Crippen MR) is 86.5 cm³/mol. The van der Waals surface area contributed by atoms with Crippen LogP contribution in [0.25, 0.3) is 0 Å². The largest absolute Gasteiger partial charge is 0.359 e. The van der Waals surface area contributed by atoms with Crippen LogP contribution in [0.3, 0.4) is 0 Å². The Labute approximate surface area is 126 Å². The fourth-order valence-corrected chi connectivity index (χ4v) is 2.45. The van der Waals surface area contributed by atoms with Crippen LogP contribution >= 0.6 is 12.2 Å². The molecule has 0 spiro atoms. The predicted octanol–water partition coefficient (Wildman–Crippen LogP) is 2.19. The van der Waals surface area contributed by atoms with E-state index < -0.39 is 9.84 Å². The quantitative estimate of drug-likeness (QED) is 0.645. The van der Waals surface area contributed by atoms with Crippen molar-refractivity contribution in [2.24, 2.45) is 0 Å². The SMILES string of the molecule is C=C(C)CNC(=S)N[C@H](C)c1ccc(S(C)(=O)=O)cc1. The molecule has 20 heavy (non-hydrogen) atoms. The standard InChI is InChI=1S/C14H20N2O2S2/c1-10(2)9-15-14(19)16-11(3)12-5-7-13(8-6-12)20(4,17)18/h5-8,11H,1,9H2,2-4H3,(H2,15,16,19)/t11-/m1/s1. The molecular formula is C14H20N2O2S2. The summed E-state index contributed by atoms with van der Waals surface area (Å²) in [6, 6.07) is 6.78. The second kappa shape index (κ2) is 6.85. The van der Waals surface area contributed by atoms with Crippen molar-refractivity contribution in [1.82, 2.24) is 10.6 Å². The van der Waals surface area contributed by atoms with E-state index in [9.17, 15) is 8.42 Å². The summed E-state index contributed by atoms with van der Waals surface area (Å²) in [6.07, 6.45) is 1.19. The minimum atomic E-state index is -3.15. The highest BCUT2D eigenvalue weighted by molar-refractivity contribution is 7.90. The Balaban J connectivity index is 2.66. The lowest BCUT2D eigenvalue weighted by Crippen LogP contribution is -2.37. The number of benzene rings is 1. The lowest BCUT2D eigenvalue weighted by atomic mass is 10.1. The Morgan fingerprint density at radius 3 is 2.35 bits per heavy atom. The molecule has 0 aliphatic carbocycles. The van der Waals surface area contributed by atoms with E-state index in [0.29, 0.717) is 16.6 Å². The minimum Gasteiger partial charge on any atom is -0.359 e. The van der Waals surface area contributed by atoms with Crippen molar-refractivity contribution in [3.05, 3.63) is 42.0 Å². The summed E-state index contributed by atoms with van der Waals surface area (Å²) >= 11 is 5.17. The normalized spacial score (nSPS) is 12.6. The molecule has 2 N–H and O–H groups in total. The summed E-state index contributed by atoms with van der Waals surface area (Å²) in [5.74, 6) is 0. The summed E-state index contributed by atoms with van der Waals surface area (Å²) in [7, 11) is -3.15. The summed E-state index contributed by atoms with van der Waals surface area (Å²) < 4.78 is 22.8. The van der Waals surface area contributed by atoms with Gasteiger partial charge in [0.2, 0.25) is 0 Å². The van der Waals surface area contributed by atoms with Crippen LogP contribution in [0.2, 0.25) is 0 Å². The molecule has 1 aromatic carbocycles. The average Bonchev–Trinajstić information content (AvgIpc) is 2.35. The van der Waals surface area contributed by atoms with Crippen LogP contribution in [0, 0.1) is 0 Å². The highest BCUT2D eigenvalue weighted by Crippen LogP contribution is 2.16. The van der Waals surface area contributed by atoms with Crippen molar-refractivity contribution >= 4 is 27.2 Å². The molecule has 6 heteroatoms. The van der Waals surface area contributed by atoms with Gasteiger partial charge in [0.1, 0.15) is 0 Å². The van der Waals surface area contributed by atoms with Crippen molar-refractivity contribution in [2.75, 3.05) is 12.8 Å². The van der Waals surface area contributed by atoms with E-state index in [1.807, 2.05) is 13.8 Å². The molecule has 0 aromatic heterocycles. The van der Waals surface area contributed by atoms with Gasteiger partial charge in [-0.3, -0.25) is 0 Å². The van der Waals surface area contributed by atoms with E-state index in [1.54, 1.807) is 24.3 Å². The van der Waals surface area contributed by atoms with Gasteiger partial charge in [-0.2, -0.15) is 0 Å². The number of hydrogen-bond acceptors (Lipinski definition) is 3. The molecule has 4 nitrogen and oxygen atoms in total. The molecule has 0 bridgehead atoms. The highest BCUT2D eigenvalue weighted by atomic mass is 32.2. The van der Waals surface area contributed by atoms with Gasteiger partial charge < -0.3 is 10.6 Å². The Morgan fingerprint density at radius 2 is 1.90 bits per heavy atom. The monoisotopic (exact) mass is 312 g/mol. The smallest absolute Gasteiger partial charge is 0.175 e. The third-order valence-electron chi connectivity index (χ3n) is 2.71. The van der Waals surface area contributed by atoms with E-state index in [4.69, 9.17) is 12.2 Å². The summed E-state index contributed by atoms with van der Waals surface area (Å²) in [4.78, 5) is 0.316. The number of rotatable bonds is 5. The lowest BCUT2D eigenvalue weighted by molar-refractivity contribution is 0.601. The Kier molecular flexibility index (Phi) is 5.71. The van der Waals surface area contributed by atoms with Crippen molar-refractivity contribution < 1.29 is 8.42 Å². The summed E-state index contributed by atoms with van der Waals surface area (Å²) in [6.45, 7) is 8.30. The molecule has 110 valence electrons. The second-order valence-electron chi connectivity index (χ2n) is 4.85. The third kappa shape index (κ3) is 5.30. The van der Waals surface area contributed by atoms with Crippen LogP contribution in [0.15, 0.2) is 41.3 Å². The Morgan fingerprint density at radius 1 is 1.35 bits per heavy atom. The minimum absolute atomic E-state index is 0.00580. The third-order valence-corrected chi connectivity index (χ3v) is 4.10. The zero-order valence-corrected chi connectivity index (χ0v) is 13.6. The Hall–Kier alpha value is -1.40. The van der Waals surface area contributed by atoms with Crippen molar-refractivity contribution in [2.45, 2.75) is 24.8 Å². The molecule has 0 saturated carbocycles. The fourth-order valence-electron chi connectivity index (χ4n) is 1.57. The maximum absolute atomic E-state index is 11.4. The number of hydrogen-bond donors (Lipinski definition) is 2. The fraction of sp³-hybridized carbons (Fsp3) is 0.357. The van der Waals surface area contributed by atoms with Crippen molar-refractivity contribution in [3.8, 4) is 0 Å². The first kappa shape index (κ1) is 16.7. The molecule has 1 aromatic rings. The van der Waals surface area contributed by atoms with Crippen LogP contribution < -0.4 is 10.6 Å². The van der Waals surface area contributed by atoms with Gasteiger partial charge in [-0.25, -0.2) is 8.42 Å². The van der Waals surface area contributed by atoms with Gasteiger partial charge in [-0.1, -0.05) is 24.3 Å².